The van der Waals surface area contributed by atoms with Crippen LogP contribution in [0.4, 0.5) is 0 Å². The Morgan fingerprint density at radius 1 is 1.28 bits per heavy atom. The van der Waals surface area contributed by atoms with E-state index in [4.69, 9.17) is 0 Å². The van der Waals surface area contributed by atoms with Crippen molar-refractivity contribution in [1.29, 1.82) is 0 Å². The van der Waals surface area contributed by atoms with Crippen molar-refractivity contribution in [3.8, 4) is 0 Å². The van der Waals surface area contributed by atoms with Crippen molar-refractivity contribution in [1.82, 2.24) is 10.2 Å². The number of hydrogen-bond acceptors (Lipinski definition) is 3. The molecule has 0 fully saturated rings. The Labute approximate surface area is 116 Å². The highest BCUT2D eigenvalue weighted by atomic mass is 32.2. The van der Waals surface area contributed by atoms with Crippen LogP contribution >= 0.6 is 11.8 Å². The van der Waals surface area contributed by atoms with Crippen LogP contribution in [-0.4, -0.2) is 36.5 Å². The molecule has 0 saturated carbocycles. The van der Waals surface area contributed by atoms with E-state index in [9.17, 15) is 0 Å². The maximum Gasteiger partial charge on any atom is 0.0237 e. The third kappa shape index (κ3) is 5.01. The molecule has 0 aromatic heterocycles. The highest BCUT2D eigenvalue weighted by molar-refractivity contribution is 7.98. The topological polar surface area (TPSA) is 15.3 Å². The maximum absolute atomic E-state index is 3.41. The molecule has 2 nitrogen and oxygen atoms in total. The van der Waals surface area contributed by atoms with E-state index >= 15 is 0 Å². The van der Waals surface area contributed by atoms with Crippen molar-refractivity contribution >= 4 is 11.8 Å². The first-order chi connectivity index (χ1) is 8.69. The van der Waals surface area contributed by atoms with Crippen LogP contribution in [0.2, 0.25) is 0 Å². The fourth-order valence-electron chi connectivity index (χ4n) is 1.94. The van der Waals surface area contributed by atoms with Crippen molar-refractivity contribution in [3.05, 3.63) is 35.4 Å². The predicted octanol–water partition coefficient (Wildman–Crippen LogP) is 2.98. The molecular weight excluding hydrogens is 240 g/mol. The molecule has 0 spiro atoms. The first kappa shape index (κ1) is 15.5. The zero-order valence-electron chi connectivity index (χ0n) is 12.1. The SMILES string of the molecule is CCNCc1ccccc1CN(C)C(C)CSC. The summed E-state index contributed by atoms with van der Waals surface area (Å²) in [5, 5.41) is 3.41. The van der Waals surface area contributed by atoms with Crippen molar-refractivity contribution in [2.45, 2.75) is 33.0 Å². The minimum Gasteiger partial charge on any atom is -0.313 e. The van der Waals surface area contributed by atoms with E-state index in [0.29, 0.717) is 6.04 Å². The molecule has 0 radical (unpaired) electrons. The smallest absolute Gasteiger partial charge is 0.0237 e. The Hall–Kier alpha value is -0.510. The van der Waals surface area contributed by atoms with Crippen LogP contribution in [-0.2, 0) is 13.1 Å². The van der Waals surface area contributed by atoms with Crippen LogP contribution in [0.15, 0.2) is 24.3 Å². The normalized spacial score (nSPS) is 12.9. The molecular formula is C15H26N2S. The monoisotopic (exact) mass is 266 g/mol. The van der Waals surface area contributed by atoms with Gasteiger partial charge in [-0.15, -0.1) is 0 Å². The summed E-state index contributed by atoms with van der Waals surface area (Å²) in [6.07, 6.45) is 2.17. The van der Waals surface area contributed by atoms with Crippen LogP contribution in [0.3, 0.4) is 0 Å². The molecule has 1 N–H and O–H groups in total. The van der Waals surface area contributed by atoms with E-state index in [2.05, 4.69) is 61.6 Å². The van der Waals surface area contributed by atoms with E-state index in [1.807, 2.05) is 11.8 Å². The molecule has 1 rings (SSSR count). The van der Waals surface area contributed by atoms with Crippen LogP contribution < -0.4 is 5.32 Å². The molecule has 0 amide bonds. The third-order valence-corrected chi connectivity index (χ3v) is 4.08. The van der Waals surface area contributed by atoms with Crippen LogP contribution in [0.25, 0.3) is 0 Å². The number of rotatable bonds is 8. The minimum atomic E-state index is 0.618. The number of benzene rings is 1. The van der Waals surface area contributed by atoms with Gasteiger partial charge in [-0.3, -0.25) is 4.90 Å². The average Bonchev–Trinajstić information content (AvgIpc) is 2.38. The van der Waals surface area contributed by atoms with Crippen LogP contribution in [0, 0.1) is 0 Å². The number of hydrogen-bond donors (Lipinski definition) is 1. The second-order valence-corrected chi connectivity index (χ2v) is 5.68. The van der Waals surface area contributed by atoms with Gasteiger partial charge in [0.1, 0.15) is 0 Å². The third-order valence-electron chi connectivity index (χ3n) is 3.26. The Morgan fingerprint density at radius 3 is 2.56 bits per heavy atom. The van der Waals surface area contributed by atoms with E-state index in [1.54, 1.807) is 0 Å². The second kappa shape index (κ2) is 8.57. The molecule has 0 bridgehead atoms. The van der Waals surface area contributed by atoms with Crippen molar-refractivity contribution < 1.29 is 0 Å². The van der Waals surface area contributed by atoms with Crippen LogP contribution in [0.1, 0.15) is 25.0 Å². The van der Waals surface area contributed by atoms with Gasteiger partial charge in [0.2, 0.25) is 0 Å². The molecule has 1 atom stereocenters. The van der Waals surface area contributed by atoms with Gasteiger partial charge in [-0.2, -0.15) is 11.8 Å². The molecule has 0 saturated heterocycles. The van der Waals surface area contributed by atoms with Crippen LogP contribution in [0.5, 0.6) is 0 Å². The van der Waals surface area contributed by atoms with Gasteiger partial charge in [-0.25, -0.2) is 0 Å². The summed E-state index contributed by atoms with van der Waals surface area (Å²) >= 11 is 1.91. The summed E-state index contributed by atoms with van der Waals surface area (Å²) in [5.74, 6) is 1.19. The summed E-state index contributed by atoms with van der Waals surface area (Å²) in [5.41, 5.74) is 2.86. The molecule has 0 aliphatic rings. The standard InChI is InChI=1S/C15H26N2S/c1-5-16-10-14-8-6-7-9-15(14)11-17(3)13(2)12-18-4/h6-9,13,16H,5,10-12H2,1-4H3. The lowest BCUT2D eigenvalue weighted by molar-refractivity contribution is 0.269. The molecule has 1 unspecified atom stereocenters. The molecule has 1 aromatic carbocycles. The van der Waals surface area contributed by atoms with Gasteiger partial charge >= 0.3 is 0 Å². The Balaban J connectivity index is 2.65. The molecule has 0 aliphatic heterocycles. The van der Waals surface area contributed by atoms with E-state index in [0.717, 1.165) is 19.6 Å². The van der Waals surface area contributed by atoms with Gasteiger partial charge in [0.05, 0.1) is 0 Å². The molecule has 0 heterocycles. The lowest BCUT2D eigenvalue weighted by Gasteiger charge is -2.25. The van der Waals surface area contributed by atoms with Gasteiger partial charge in [0.25, 0.3) is 0 Å². The molecule has 0 aliphatic carbocycles. The van der Waals surface area contributed by atoms with Crippen molar-refractivity contribution in [2.75, 3.05) is 25.6 Å². The molecule has 3 heteroatoms. The van der Waals surface area contributed by atoms with E-state index in [1.165, 1.54) is 16.9 Å². The minimum absolute atomic E-state index is 0.618. The first-order valence-corrected chi connectivity index (χ1v) is 8.05. The lowest BCUT2D eigenvalue weighted by atomic mass is 10.1. The van der Waals surface area contributed by atoms with Gasteiger partial charge in [0.15, 0.2) is 0 Å². The Kier molecular flexibility index (Phi) is 7.40. The fourth-order valence-corrected chi connectivity index (χ4v) is 2.67. The van der Waals surface area contributed by atoms with Gasteiger partial charge in [0, 0.05) is 24.9 Å². The van der Waals surface area contributed by atoms with Gasteiger partial charge in [-0.1, -0.05) is 31.2 Å². The largest absolute Gasteiger partial charge is 0.313 e. The maximum atomic E-state index is 3.41. The first-order valence-electron chi connectivity index (χ1n) is 6.65. The zero-order chi connectivity index (χ0) is 13.4. The number of nitrogens with zero attached hydrogens (tertiary/aromatic N) is 1. The summed E-state index contributed by atoms with van der Waals surface area (Å²) in [7, 11) is 2.21. The molecule has 102 valence electrons. The van der Waals surface area contributed by atoms with Gasteiger partial charge in [-0.05, 0) is 37.9 Å². The predicted molar refractivity (Wildman–Crippen MR) is 83.1 cm³/mol. The van der Waals surface area contributed by atoms with Crippen molar-refractivity contribution in [2.24, 2.45) is 0 Å². The van der Waals surface area contributed by atoms with Crippen molar-refractivity contribution in [3.63, 3.8) is 0 Å². The Bertz CT molecular complexity index is 341. The van der Waals surface area contributed by atoms with E-state index < -0.39 is 0 Å². The molecule has 1 aromatic rings. The lowest BCUT2D eigenvalue weighted by Crippen LogP contribution is -2.31. The average molecular weight is 266 g/mol. The highest BCUT2D eigenvalue weighted by Crippen LogP contribution is 2.13. The van der Waals surface area contributed by atoms with Gasteiger partial charge < -0.3 is 5.32 Å². The number of nitrogens with one attached hydrogen (secondary N) is 1. The summed E-state index contributed by atoms with van der Waals surface area (Å²) < 4.78 is 0. The molecule has 18 heavy (non-hydrogen) atoms. The zero-order valence-corrected chi connectivity index (χ0v) is 12.9. The fraction of sp³-hybridized carbons (Fsp3) is 0.600. The Morgan fingerprint density at radius 2 is 1.94 bits per heavy atom. The van der Waals surface area contributed by atoms with E-state index in [-0.39, 0.29) is 0 Å². The number of thioether (sulfide) groups is 1. The highest BCUT2D eigenvalue weighted by Gasteiger charge is 2.10. The summed E-state index contributed by atoms with van der Waals surface area (Å²) in [4.78, 5) is 2.43. The summed E-state index contributed by atoms with van der Waals surface area (Å²) in [6, 6.07) is 9.35. The quantitative estimate of drug-likeness (QED) is 0.779. The second-order valence-electron chi connectivity index (χ2n) is 4.77. The summed E-state index contributed by atoms with van der Waals surface area (Å²) in [6.45, 7) is 7.46.